The molecule has 0 aliphatic heterocycles. The van der Waals surface area contributed by atoms with Gasteiger partial charge in [0.05, 0.1) is 23.8 Å². The molecule has 0 saturated carbocycles. The number of pyridine rings is 4. The first-order chi connectivity index (χ1) is 25.9. The van der Waals surface area contributed by atoms with Gasteiger partial charge in [-0.1, -0.05) is 60.7 Å². The number of hydrogen-bond acceptors (Lipinski definition) is 6. The van der Waals surface area contributed by atoms with Crippen molar-refractivity contribution in [3.05, 3.63) is 157 Å². The second-order valence-corrected chi connectivity index (χ2v) is 11.8. The summed E-state index contributed by atoms with van der Waals surface area (Å²) in [6.45, 7) is 1.35. The maximum Gasteiger partial charge on any atom is 0.269 e. The van der Waals surface area contributed by atoms with Crippen molar-refractivity contribution >= 4 is 23.1 Å². The molecule has 0 atom stereocenters. The Morgan fingerprint density at radius 3 is 1.55 bits per heavy atom. The lowest BCUT2D eigenvalue weighted by atomic mass is 9.98. The Kier molecular flexibility index (Phi) is 7.90. The summed E-state index contributed by atoms with van der Waals surface area (Å²) >= 11 is 0. The second kappa shape index (κ2) is 13.9. The number of hydrogen-bond donors (Lipinski definition) is 2. The molecule has 6 aromatic heterocycles. The van der Waals surface area contributed by atoms with Crippen molar-refractivity contribution in [1.82, 2.24) is 34.1 Å². The first-order valence-corrected chi connectivity index (χ1v) is 16.1. The Bertz CT molecular complexity index is 2680. The number of nitrogens with two attached hydrogens (primary N) is 1. The van der Waals surface area contributed by atoms with Gasteiger partial charge in [0.15, 0.2) is 0 Å². The van der Waals surface area contributed by atoms with Crippen molar-refractivity contribution in [1.29, 1.82) is 0 Å². The fourth-order valence-electron chi connectivity index (χ4n) is 6.00. The van der Waals surface area contributed by atoms with Gasteiger partial charge < -0.3 is 11.1 Å². The Morgan fingerprint density at radius 2 is 1.08 bits per heavy atom. The van der Waals surface area contributed by atoms with Crippen molar-refractivity contribution in [2.24, 2.45) is 5.73 Å². The molecule has 10 nitrogen and oxygen atoms in total. The molecule has 10 heteroatoms. The Morgan fingerprint density at radius 1 is 0.608 bits per heavy atom. The zero-order valence-corrected chi connectivity index (χ0v) is 27.8. The minimum Gasteiger partial charge on any atom is -0.364 e. The van der Waals surface area contributed by atoms with Crippen LogP contribution in [0.4, 0.5) is 0 Å². The highest BCUT2D eigenvalue weighted by molar-refractivity contribution is 5.94. The number of fused-ring (bicyclic) bond motifs is 2. The van der Waals surface area contributed by atoms with Crippen LogP contribution < -0.4 is 11.1 Å². The number of carbonyl (C=O) groups is 2. The van der Waals surface area contributed by atoms with Gasteiger partial charge in [-0.3, -0.25) is 28.4 Å². The van der Waals surface area contributed by atoms with Crippen molar-refractivity contribution in [2.45, 2.75) is 13.8 Å². The number of benzene rings is 2. The standard InChI is InChI=1S/C21H18N4O.C20H16N4O/c1-14-6-5-9-18(24-14)17-8-4-3-7-16(17)15-10-11-20-23-12-19(21(26)22-2)25(20)13-15;1-13-5-4-8-17(23-13)16-7-3-2-6-15(16)14-9-10-19-22-11-18(20(21)25)24(19)12-14/h3-13H,1-2H3,(H,22,26);2-12H,1H3,(H2,21,25)/i2D3;. The third-order valence-corrected chi connectivity index (χ3v) is 8.41. The van der Waals surface area contributed by atoms with Crippen LogP contribution in [0.5, 0.6) is 0 Å². The van der Waals surface area contributed by atoms with E-state index in [4.69, 9.17) is 9.85 Å². The van der Waals surface area contributed by atoms with Gasteiger partial charge in [0.25, 0.3) is 11.8 Å². The van der Waals surface area contributed by atoms with Crippen LogP contribution in [0.3, 0.4) is 0 Å². The number of aromatic nitrogens is 6. The lowest BCUT2D eigenvalue weighted by Gasteiger charge is -2.11. The monoisotopic (exact) mass is 673 g/mol. The zero-order valence-electron chi connectivity index (χ0n) is 30.8. The van der Waals surface area contributed by atoms with E-state index in [1.54, 1.807) is 21.1 Å². The van der Waals surface area contributed by atoms with Crippen molar-refractivity contribution in [3.63, 3.8) is 0 Å². The molecule has 0 bridgehead atoms. The van der Waals surface area contributed by atoms with E-state index < -0.39 is 18.8 Å². The SMILES string of the molecule is Cc1cccc(-c2ccccc2-c2ccc3ncc(C(N)=O)n3c2)n1.[2H]C([2H])([2H])NC(=O)c1cnc2ccc(-c3ccccc3-c3cccc(C)n3)cn12. The van der Waals surface area contributed by atoms with Crippen molar-refractivity contribution in [2.75, 3.05) is 6.98 Å². The van der Waals surface area contributed by atoms with E-state index in [1.165, 1.54) is 12.4 Å². The third-order valence-electron chi connectivity index (χ3n) is 8.41. The molecule has 0 aliphatic rings. The van der Waals surface area contributed by atoms with Crippen LogP contribution in [-0.2, 0) is 0 Å². The highest BCUT2D eigenvalue weighted by atomic mass is 16.2. The van der Waals surface area contributed by atoms with Gasteiger partial charge in [0.2, 0.25) is 0 Å². The minimum absolute atomic E-state index is 0.157. The van der Waals surface area contributed by atoms with Gasteiger partial charge in [-0.25, -0.2) is 9.97 Å². The summed E-state index contributed by atoms with van der Waals surface area (Å²) < 4.78 is 25.1. The Labute approximate surface area is 298 Å². The number of amides is 2. The van der Waals surface area contributed by atoms with Crippen LogP contribution in [0, 0.1) is 13.8 Å². The van der Waals surface area contributed by atoms with Crippen molar-refractivity contribution in [3.8, 4) is 44.8 Å². The summed E-state index contributed by atoms with van der Waals surface area (Å²) in [5.74, 6) is -1.21. The maximum absolute atomic E-state index is 12.4. The summed E-state index contributed by atoms with van der Waals surface area (Å²) in [7, 11) is 0. The average molecular weight is 674 g/mol. The van der Waals surface area contributed by atoms with Crippen LogP contribution in [0.1, 0.15) is 36.5 Å². The van der Waals surface area contributed by atoms with Crippen LogP contribution >= 0.6 is 0 Å². The van der Waals surface area contributed by atoms with Crippen LogP contribution in [0.15, 0.2) is 134 Å². The molecule has 0 fully saturated rings. The predicted molar refractivity (Wildman–Crippen MR) is 199 cm³/mol. The number of aryl methyl sites for hydroxylation is 2. The molecule has 8 aromatic rings. The highest BCUT2D eigenvalue weighted by Crippen LogP contribution is 2.33. The molecule has 0 unspecified atom stereocenters. The number of imidazole rings is 2. The fourth-order valence-corrected chi connectivity index (χ4v) is 6.00. The van der Waals surface area contributed by atoms with E-state index in [0.29, 0.717) is 17.0 Å². The molecule has 2 amide bonds. The van der Waals surface area contributed by atoms with Gasteiger partial charge in [-0.05, 0) is 84.6 Å². The second-order valence-electron chi connectivity index (χ2n) is 11.8. The van der Waals surface area contributed by atoms with Gasteiger partial charge in [-0.2, -0.15) is 0 Å². The number of primary amides is 1. The number of nitrogens with one attached hydrogen (secondary N) is 1. The molecule has 0 aliphatic carbocycles. The molecule has 6 heterocycles. The largest absolute Gasteiger partial charge is 0.364 e. The first kappa shape index (κ1) is 29.0. The van der Waals surface area contributed by atoms with Gasteiger partial charge in [0.1, 0.15) is 22.7 Å². The lowest BCUT2D eigenvalue weighted by molar-refractivity contribution is 0.0955. The summed E-state index contributed by atoms with van der Waals surface area (Å²) in [6.07, 6.45) is 6.53. The van der Waals surface area contributed by atoms with Gasteiger partial charge in [0, 0.05) is 46.0 Å². The average Bonchev–Trinajstić information content (AvgIpc) is 3.79. The van der Waals surface area contributed by atoms with Gasteiger partial charge in [-0.15, -0.1) is 0 Å². The van der Waals surface area contributed by atoms with E-state index in [2.05, 4.69) is 19.9 Å². The maximum atomic E-state index is 12.4. The Hall–Kier alpha value is -6.94. The Balaban J connectivity index is 0.000000168. The fraction of sp³-hybridized carbons (Fsp3) is 0.0732. The molecule has 0 saturated heterocycles. The quantitative estimate of drug-likeness (QED) is 0.192. The summed E-state index contributed by atoms with van der Waals surface area (Å²) in [5, 5.41) is 2.01. The molecule has 2 aromatic carbocycles. The smallest absolute Gasteiger partial charge is 0.269 e. The topological polar surface area (TPSA) is 133 Å². The molecular formula is C41H34N8O2. The molecule has 0 spiro atoms. The molecular weight excluding hydrogens is 637 g/mol. The van der Waals surface area contributed by atoms with E-state index in [0.717, 1.165) is 56.2 Å². The van der Waals surface area contributed by atoms with E-state index in [-0.39, 0.29) is 5.69 Å². The highest BCUT2D eigenvalue weighted by Gasteiger charge is 2.15. The molecule has 51 heavy (non-hydrogen) atoms. The molecule has 250 valence electrons. The minimum atomic E-state index is -2.57. The van der Waals surface area contributed by atoms with Gasteiger partial charge >= 0.3 is 0 Å². The molecule has 0 radical (unpaired) electrons. The van der Waals surface area contributed by atoms with E-state index in [9.17, 15) is 9.59 Å². The summed E-state index contributed by atoms with van der Waals surface area (Å²) in [5.41, 5.74) is 16.7. The number of carbonyl (C=O) groups excluding carboxylic acids is 2. The summed E-state index contributed by atoms with van der Waals surface area (Å²) in [4.78, 5) is 41.6. The summed E-state index contributed by atoms with van der Waals surface area (Å²) in [6, 6.07) is 35.4. The first-order valence-electron chi connectivity index (χ1n) is 17.6. The predicted octanol–water partition coefficient (Wildman–Crippen LogP) is 7.20. The van der Waals surface area contributed by atoms with Crippen LogP contribution in [0.25, 0.3) is 56.1 Å². The van der Waals surface area contributed by atoms with Crippen LogP contribution in [-0.4, -0.2) is 47.5 Å². The molecule has 3 N–H and O–H groups in total. The van der Waals surface area contributed by atoms with Crippen molar-refractivity contribution < 1.29 is 13.7 Å². The van der Waals surface area contributed by atoms with Crippen LogP contribution in [0.2, 0.25) is 0 Å². The zero-order chi connectivity index (χ0) is 38.0. The number of rotatable bonds is 6. The van der Waals surface area contributed by atoms with E-state index in [1.807, 2.05) is 128 Å². The number of nitrogens with zero attached hydrogens (tertiary/aromatic N) is 6. The molecule has 8 rings (SSSR count). The lowest BCUT2D eigenvalue weighted by Crippen LogP contribution is -2.19. The van der Waals surface area contributed by atoms with E-state index >= 15 is 0 Å². The third kappa shape index (κ3) is 6.58. The normalized spacial score (nSPS) is 12.0.